The van der Waals surface area contributed by atoms with E-state index in [0.717, 1.165) is 29.8 Å². The van der Waals surface area contributed by atoms with Gasteiger partial charge in [0.15, 0.2) is 0 Å². The monoisotopic (exact) mass is 284 g/mol. The minimum absolute atomic E-state index is 0.189. The predicted molar refractivity (Wildman–Crippen MR) is 77.4 cm³/mol. The number of aromatic nitrogens is 2. The van der Waals surface area contributed by atoms with E-state index in [2.05, 4.69) is 9.55 Å². The number of alkyl halides is 1. The predicted octanol–water partition coefficient (Wildman–Crippen LogP) is 2.93. The Hall–Kier alpha value is -0.870. The minimum Gasteiger partial charge on any atom is -0.327 e. The van der Waals surface area contributed by atoms with Crippen molar-refractivity contribution in [2.45, 2.75) is 31.0 Å². The molecule has 0 aliphatic carbocycles. The Labute approximate surface area is 115 Å². The molecule has 0 saturated heterocycles. The number of fused-ring (bicyclic) bond motifs is 1. The van der Waals surface area contributed by atoms with Crippen LogP contribution in [0, 0.1) is 0 Å². The topological polar surface area (TPSA) is 34.9 Å². The molecule has 2 aromatic rings. The van der Waals surface area contributed by atoms with Crippen molar-refractivity contribution in [1.82, 2.24) is 9.55 Å². The second-order valence-corrected chi connectivity index (χ2v) is 6.47. The van der Waals surface area contributed by atoms with Crippen molar-refractivity contribution in [3.63, 3.8) is 0 Å². The van der Waals surface area contributed by atoms with E-state index in [1.807, 2.05) is 31.2 Å². The van der Waals surface area contributed by atoms with Crippen LogP contribution in [-0.2, 0) is 23.2 Å². The van der Waals surface area contributed by atoms with Gasteiger partial charge in [-0.15, -0.1) is 11.6 Å². The number of nitrogens with zero attached hydrogens (tertiary/aromatic N) is 2. The smallest absolute Gasteiger partial charge is 0.124 e. The molecule has 1 aromatic carbocycles. The zero-order valence-electron chi connectivity index (χ0n) is 10.6. The maximum Gasteiger partial charge on any atom is 0.124 e. The summed E-state index contributed by atoms with van der Waals surface area (Å²) in [5.41, 5.74) is 2.07. The summed E-state index contributed by atoms with van der Waals surface area (Å²) in [7, 11) is -0.781. The van der Waals surface area contributed by atoms with Crippen molar-refractivity contribution in [2.75, 3.05) is 6.26 Å². The van der Waals surface area contributed by atoms with Crippen LogP contribution in [0.4, 0.5) is 0 Å². The summed E-state index contributed by atoms with van der Waals surface area (Å²) in [6.07, 6.45) is 2.62. The molecule has 0 N–H and O–H groups in total. The molecule has 1 aromatic heterocycles. The van der Waals surface area contributed by atoms with Crippen molar-refractivity contribution >= 4 is 33.4 Å². The molecule has 0 bridgehead atoms. The van der Waals surface area contributed by atoms with E-state index in [1.165, 1.54) is 0 Å². The number of rotatable bonds is 5. The van der Waals surface area contributed by atoms with Gasteiger partial charge in [-0.2, -0.15) is 0 Å². The highest BCUT2D eigenvalue weighted by molar-refractivity contribution is 7.84. The van der Waals surface area contributed by atoms with Crippen LogP contribution in [0.5, 0.6) is 0 Å². The summed E-state index contributed by atoms with van der Waals surface area (Å²) in [6.45, 7) is 2.82. The lowest BCUT2D eigenvalue weighted by molar-refractivity contribution is 0.617. The van der Waals surface area contributed by atoms with Gasteiger partial charge in [-0.3, -0.25) is 4.21 Å². The SMILES string of the molecule is CC(CCn1c(CCl)nc2ccccc21)S(C)=O. The Morgan fingerprint density at radius 3 is 2.83 bits per heavy atom. The molecule has 0 radical (unpaired) electrons. The van der Waals surface area contributed by atoms with Gasteiger partial charge in [0.05, 0.1) is 16.9 Å². The van der Waals surface area contributed by atoms with E-state index in [9.17, 15) is 4.21 Å². The van der Waals surface area contributed by atoms with Gasteiger partial charge in [-0.1, -0.05) is 19.1 Å². The number of hydrogen-bond acceptors (Lipinski definition) is 2. The minimum atomic E-state index is -0.781. The maximum absolute atomic E-state index is 11.4. The average molecular weight is 285 g/mol. The van der Waals surface area contributed by atoms with Gasteiger partial charge < -0.3 is 4.57 Å². The van der Waals surface area contributed by atoms with E-state index < -0.39 is 10.8 Å². The summed E-state index contributed by atoms with van der Waals surface area (Å²) in [6, 6.07) is 8.01. The Balaban J connectivity index is 2.28. The standard InChI is InChI=1S/C13H17ClN2OS/c1-10(18(2)17)7-8-16-12-6-4-3-5-11(12)15-13(16)9-14/h3-6,10H,7-9H2,1-2H3. The highest BCUT2D eigenvalue weighted by Gasteiger charge is 2.12. The summed E-state index contributed by atoms with van der Waals surface area (Å²) in [5.74, 6) is 1.28. The highest BCUT2D eigenvalue weighted by atomic mass is 35.5. The first kappa shape index (κ1) is 13.6. The third-order valence-electron chi connectivity index (χ3n) is 3.18. The van der Waals surface area contributed by atoms with Crippen molar-refractivity contribution in [1.29, 1.82) is 0 Å². The highest BCUT2D eigenvalue weighted by Crippen LogP contribution is 2.18. The molecule has 98 valence electrons. The van der Waals surface area contributed by atoms with Crippen LogP contribution in [0.15, 0.2) is 24.3 Å². The van der Waals surface area contributed by atoms with Crippen LogP contribution in [-0.4, -0.2) is 25.3 Å². The van der Waals surface area contributed by atoms with E-state index in [-0.39, 0.29) is 5.25 Å². The molecule has 18 heavy (non-hydrogen) atoms. The number of para-hydroxylation sites is 2. The van der Waals surface area contributed by atoms with E-state index in [0.29, 0.717) is 5.88 Å². The molecule has 0 spiro atoms. The molecule has 0 aliphatic heterocycles. The quantitative estimate of drug-likeness (QED) is 0.791. The van der Waals surface area contributed by atoms with Gasteiger partial charge in [0.1, 0.15) is 5.82 Å². The lowest BCUT2D eigenvalue weighted by atomic mass is 10.3. The van der Waals surface area contributed by atoms with Crippen molar-refractivity contribution < 1.29 is 4.21 Å². The zero-order valence-corrected chi connectivity index (χ0v) is 12.2. The molecule has 0 saturated carbocycles. The fraction of sp³-hybridized carbons (Fsp3) is 0.462. The van der Waals surface area contributed by atoms with Crippen LogP contribution in [0.25, 0.3) is 11.0 Å². The molecule has 0 fully saturated rings. The second-order valence-electron chi connectivity index (χ2n) is 4.40. The van der Waals surface area contributed by atoms with Gasteiger partial charge in [0.2, 0.25) is 0 Å². The van der Waals surface area contributed by atoms with Crippen LogP contribution in [0.1, 0.15) is 19.2 Å². The van der Waals surface area contributed by atoms with Gasteiger partial charge >= 0.3 is 0 Å². The van der Waals surface area contributed by atoms with Crippen LogP contribution < -0.4 is 0 Å². The number of imidazole rings is 1. The summed E-state index contributed by atoms with van der Waals surface area (Å²) in [5, 5.41) is 0.189. The van der Waals surface area contributed by atoms with Gasteiger partial charge in [-0.25, -0.2) is 4.98 Å². The number of aryl methyl sites for hydroxylation is 1. The van der Waals surface area contributed by atoms with E-state index >= 15 is 0 Å². The molecule has 2 unspecified atom stereocenters. The van der Waals surface area contributed by atoms with E-state index in [1.54, 1.807) is 6.26 Å². The molecule has 2 rings (SSSR count). The average Bonchev–Trinajstić information content (AvgIpc) is 2.73. The first-order chi connectivity index (χ1) is 8.63. The van der Waals surface area contributed by atoms with Crippen LogP contribution >= 0.6 is 11.6 Å². The van der Waals surface area contributed by atoms with Gasteiger partial charge in [-0.05, 0) is 18.6 Å². The lowest BCUT2D eigenvalue weighted by Crippen LogP contribution is -2.13. The summed E-state index contributed by atoms with van der Waals surface area (Å²) < 4.78 is 13.5. The third-order valence-corrected chi connectivity index (χ3v) is 4.79. The third kappa shape index (κ3) is 2.75. The van der Waals surface area contributed by atoms with Crippen LogP contribution in [0.3, 0.4) is 0 Å². The lowest BCUT2D eigenvalue weighted by Gasteiger charge is -2.11. The number of benzene rings is 1. The van der Waals surface area contributed by atoms with E-state index in [4.69, 9.17) is 11.6 Å². The molecule has 1 heterocycles. The first-order valence-corrected chi connectivity index (χ1v) is 8.11. The molecule has 3 nitrogen and oxygen atoms in total. The van der Waals surface area contributed by atoms with Gasteiger partial charge in [0.25, 0.3) is 0 Å². The maximum atomic E-state index is 11.4. The zero-order chi connectivity index (χ0) is 13.1. The van der Waals surface area contributed by atoms with Gasteiger partial charge in [0, 0.05) is 28.9 Å². The molecular weight excluding hydrogens is 268 g/mol. The molecule has 0 aliphatic rings. The fourth-order valence-electron chi connectivity index (χ4n) is 1.95. The Bertz CT molecular complexity index is 567. The summed E-state index contributed by atoms with van der Waals surface area (Å²) >= 11 is 5.94. The fourth-order valence-corrected chi connectivity index (χ4v) is 2.60. The largest absolute Gasteiger partial charge is 0.327 e. The molecule has 5 heteroatoms. The first-order valence-electron chi connectivity index (χ1n) is 5.96. The Morgan fingerprint density at radius 2 is 2.17 bits per heavy atom. The number of halogens is 1. The second kappa shape index (κ2) is 5.85. The Morgan fingerprint density at radius 1 is 1.44 bits per heavy atom. The van der Waals surface area contributed by atoms with Crippen molar-refractivity contribution in [3.8, 4) is 0 Å². The van der Waals surface area contributed by atoms with Crippen LogP contribution in [0.2, 0.25) is 0 Å². The normalized spacial score (nSPS) is 14.8. The molecular formula is C13H17ClN2OS. The number of hydrogen-bond donors (Lipinski definition) is 0. The van der Waals surface area contributed by atoms with Crippen molar-refractivity contribution in [3.05, 3.63) is 30.1 Å². The molecule has 0 amide bonds. The Kier molecular flexibility index (Phi) is 4.40. The molecule has 2 atom stereocenters. The van der Waals surface area contributed by atoms with Crippen molar-refractivity contribution in [2.24, 2.45) is 0 Å². The summed E-state index contributed by atoms with van der Waals surface area (Å²) in [4.78, 5) is 4.51.